The van der Waals surface area contributed by atoms with Crippen LogP contribution in [0.4, 0.5) is 5.69 Å². The standard InChI is InChI=1S/C28H34N4O3/c1-32(17-7-3-6-11-23-20-26(31-30-23)21-9-4-2-5-10-21)28(34)12-8-18-35-24-14-15-25-22(19-24)13-16-27(33)29-25/h2,4-5,9-10,14-15,19-20H,3,6-8,11-13,16-18H2,1H3,(H,29,33)(H,30,31). The average molecular weight is 475 g/mol. The molecular weight excluding hydrogens is 440 g/mol. The summed E-state index contributed by atoms with van der Waals surface area (Å²) in [4.78, 5) is 25.7. The van der Waals surface area contributed by atoms with Crippen LogP contribution >= 0.6 is 0 Å². The fourth-order valence-corrected chi connectivity index (χ4v) is 4.27. The van der Waals surface area contributed by atoms with Crippen LogP contribution in [0.25, 0.3) is 11.3 Å². The highest BCUT2D eigenvalue weighted by Gasteiger charge is 2.15. The molecule has 184 valence electrons. The second kappa shape index (κ2) is 12.2. The number of unbranched alkanes of at least 4 members (excludes halogenated alkanes) is 2. The van der Waals surface area contributed by atoms with Crippen LogP contribution in [0.15, 0.2) is 54.6 Å². The molecule has 2 N–H and O–H groups in total. The topological polar surface area (TPSA) is 87.3 Å². The van der Waals surface area contributed by atoms with E-state index in [9.17, 15) is 9.59 Å². The van der Waals surface area contributed by atoms with Crippen LogP contribution in [0.2, 0.25) is 0 Å². The van der Waals surface area contributed by atoms with Crippen molar-refractivity contribution < 1.29 is 14.3 Å². The summed E-state index contributed by atoms with van der Waals surface area (Å²) in [5, 5.41) is 10.4. The summed E-state index contributed by atoms with van der Waals surface area (Å²) in [5.74, 6) is 1.00. The first-order chi connectivity index (χ1) is 17.1. The van der Waals surface area contributed by atoms with Crippen LogP contribution < -0.4 is 10.1 Å². The maximum Gasteiger partial charge on any atom is 0.224 e. The Morgan fingerprint density at radius 1 is 1.03 bits per heavy atom. The third-order valence-corrected chi connectivity index (χ3v) is 6.34. The van der Waals surface area contributed by atoms with E-state index in [0.717, 1.165) is 72.6 Å². The van der Waals surface area contributed by atoms with Gasteiger partial charge in [-0.25, -0.2) is 0 Å². The SMILES string of the molecule is CN(CCCCCc1cc(-c2ccccc2)n[nH]1)C(=O)CCCOc1ccc2c(c1)CCC(=O)N2. The molecule has 7 nitrogen and oxygen atoms in total. The molecule has 0 atom stereocenters. The van der Waals surface area contributed by atoms with Crippen LogP contribution in [-0.4, -0.2) is 47.1 Å². The van der Waals surface area contributed by atoms with Crippen LogP contribution in [0.1, 0.15) is 49.8 Å². The van der Waals surface area contributed by atoms with E-state index in [2.05, 4.69) is 33.7 Å². The molecule has 1 aliphatic rings. The summed E-state index contributed by atoms with van der Waals surface area (Å²) in [6, 6.07) is 18.0. The van der Waals surface area contributed by atoms with E-state index in [0.29, 0.717) is 25.9 Å². The van der Waals surface area contributed by atoms with Gasteiger partial charge in [-0.1, -0.05) is 36.8 Å². The van der Waals surface area contributed by atoms with Crippen molar-refractivity contribution in [3.63, 3.8) is 0 Å². The Bertz CT molecular complexity index is 1130. The molecule has 2 aromatic carbocycles. The Balaban J connectivity index is 1.07. The van der Waals surface area contributed by atoms with Crippen molar-refractivity contribution in [2.75, 3.05) is 25.5 Å². The number of aryl methyl sites for hydroxylation is 2. The van der Waals surface area contributed by atoms with E-state index in [4.69, 9.17) is 4.74 Å². The van der Waals surface area contributed by atoms with Crippen LogP contribution in [0.5, 0.6) is 5.75 Å². The summed E-state index contributed by atoms with van der Waals surface area (Å²) in [5.41, 5.74) is 5.22. The third-order valence-electron chi connectivity index (χ3n) is 6.34. The molecule has 0 bridgehead atoms. The van der Waals surface area contributed by atoms with Gasteiger partial charge in [-0.15, -0.1) is 0 Å². The summed E-state index contributed by atoms with van der Waals surface area (Å²) in [6.07, 6.45) is 6.49. The van der Waals surface area contributed by atoms with E-state index in [-0.39, 0.29) is 11.8 Å². The van der Waals surface area contributed by atoms with Gasteiger partial charge in [0, 0.05) is 43.4 Å². The van der Waals surface area contributed by atoms with Crippen molar-refractivity contribution in [2.24, 2.45) is 0 Å². The monoisotopic (exact) mass is 474 g/mol. The van der Waals surface area contributed by atoms with E-state index in [1.807, 2.05) is 48.3 Å². The lowest BCUT2D eigenvalue weighted by Crippen LogP contribution is -2.27. The molecule has 7 heteroatoms. The Hall–Kier alpha value is -3.61. The number of hydrogen-bond acceptors (Lipinski definition) is 4. The molecule has 3 aromatic rings. The van der Waals surface area contributed by atoms with Gasteiger partial charge in [-0.3, -0.25) is 14.7 Å². The van der Waals surface area contributed by atoms with Crippen LogP contribution in [0.3, 0.4) is 0 Å². The number of aromatic amines is 1. The lowest BCUT2D eigenvalue weighted by molar-refractivity contribution is -0.130. The maximum atomic E-state index is 12.4. The summed E-state index contributed by atoms with van der Waals surface area (Å²) in [7, 11) is 1.88. The number of fused-ring (bicyclic) bond motifs is 1. The van der Waals surface area contributed by atoms with Gasteiger partial charge in [-0.05, 0) is 61.9 Å². The highest BCUT2D eigenvalue weighted by atomic mass is 16.5. The number of hydrogen-bond donors (Lipinski definition) is 2. The minimum Gasteiger partial charge on any atom is -0.494 e. The summed E-state index contributed by atoms with van der Waals surface area (Å²) >= 11 is 0. The molecule has 0 radical (unpaired) electrons. The smallest absolute Gasteiger partial charge is 0.224 e. The first kappa shape index (κ1) is 24.5. The van der Waals surface area contributed by atoms with Gasteiger partial charge in [0.2, 0.25) is 11.8 Å². The zero-order chi connectivity index (χ0) is 24.5. The first-order valence-electron chi connectivity index (χ1n) is 12.5. The number of nitrogens with zero attached hydrogens (tertiary/aromatic N) is 2. The molecule has 4 rings (SSSR count). The van der Waals surface area contributed by atoms with Gasteiger partial charge in [0.25, 0.3) is 0 Å². The minimum absolute atomic E-state index is 0.0593. The van der Waals surface area contributed by atoms with Crippen molar-refractivity contribution in [3.05, 3.63) is 65.9 Å². The fraction of sp³-hybridized carbons (Fsp3) is 0.393. The van der Waals surface area contributed by atoms with Gasteiger partial charge in [-0.2, -0.15) is 5.10 Å². The maximum absolute atomic E-state index is 12.4. The predicted molar refractivity (Wildman–Crippen MR) is 137 cm³/mol. The predicted octanol–water partition coefficient (Wildman–Crippen LogP) is 4.99. The van der Waals surface area contributed by atoms with Gasteiger partial charge in [0.05, 0.1) is 12.3 Å². The van der Waals surface area contributed by atoms with E-state index in [1.165, 1.54) is 0 Å². The highest BCUT2D eigenvalue weighted by molar-refractivity contribution is 5.94. The molecule has 2 amide bonds. The molecule has 0 aliphatic carbocycles. The van der Waals surface area contributed by atoms with Crippen LogP contribution in [-0.2, 0) is 22.4 Å². The molecule has 0 spiro atoms. The Morgan fingerprint density at radius 3 is 2.74 bits per heavy atom. The van der Waals surface area contributed by atoms with Crippen molar-refractivity contribution in [1.29, 1.82) is 0 Å². The van der Waals surface area contributed by atoms with Gasteiger partial charge < -0.3 is 15.0 Å². The van der Waals surface area contributed by atoms with Gasteiger partial charge in [0.1, 0.15) is 5.75 Å². The lowest BCUT2D eigenvalue weighted by Gasteiger charge is -2.18. The van der Waals surface area contributed by atoms with E-state index < -0.39 is 0 Å². The number of anilines is 1. The Morgan fingerprint density at radius 2 is 1.89 bits per heavy atom. The highest BCUT2D eigenvalue weighted by Crippen LogP contribution is 2.27. The number of amides is 2. The number of ether oxygens (including phenoxy) is 1. The number of carbonyl (C=O) groups is 2. The first-order valence-corrected chi connectivity index (χ1v) is 12.5. The quantitative estimate of drug-likeness (QED) is 0.362. The molecule has 0 unspecified atom stereocenters. The van der Waals surface area contributed by atoms with Crippen molar-refractivity contribution in [1.82, 2.24) is 15.1 Å². The molecule has 0 fully saturated rings. The zero-order valence-electron chi connectivity index (χ0n) is 20.4. The molecule has 2 heterocycles. The molecule has 0 saturated carbocycles. The molecule has 1 aromatic heterocycles. The number of rotatable bonds is 12. The lowest BCUT2D eigenvalue weighted by atomic mass is 10.0. The van der Waals surface area contributed by atoms with Crippen molar-refractivity contribution in [3.8, 4) is 17.0 Å². The molecule has 0 saturated heterocycles. The number of H-pyrrole nitrogens is 1. The van der Waals surface area contributed by atoms with Gasteiger partial charge in [0.15, 0.2) is 0 Å². The Labute approximate surface area is 206 Å². The minimum atomic E-state index is 0.0593. The fourth-order valence-electron chi connectivity index (χ4n) is 4.27. The third kappa shape index (κ3) is 7.18. The number of aromatic nitrogens is 2. The molecule has 1 aliphatic heterocycles. The normalized spacial score (nSPS) is 12.7. The second-order valence-electron chi connectivity index (χ2n) is 9.09. The second-order valence-corrected chi connectivity index (χ2v) is 9.09. The average Bonchev–Trinajstić information content (AvgIpc) is 3.35. The molecule has 35 heavy (non-hydrogen) atoms. The zero-order valence-corrected chi connectivity index (χ0v) is 20.4. The largest absolute Gasteiger partial charge is 0.494 e. The van der Waals surface area contributed by atoms with Gasteiger partial charge >= 0.3 is 0 Å². The number of carbonyl (C=O) groups excluding carboxylic acids is 2. The molecular formula is C28H34N4O3. The summed E-state index contributed by atoms with van der Waals surface area (Å²) in [6.45, 7) is 1.27. The summed E-state index contributed by atoms with van der Waals surface area (Å²) < 4.78 is 5.82. The van der Waals surface area contributed by atoms with Crippen molar-refractivity contribution >= 4 is 17.5 Å². The number of nitrogens with one attached hydrogen (secondary N) is 2. The van der Waals surface area contributed by atoms with Crippen molar-refractivity contribution in [2.45, 2.75) is 51.4 Å². The van der Waals surface area contributed by atoms with Crippen LogP contribution in [0, 0.1) is 0 Å². The van der Waals surface area contributed by atoms with E-state index in [1.54, 1.807) is 0 Å². The van der Waals surface area contributed by atoms with E-state index >= 15 is 0 Å². The Kier molecular flexibility index (Phi) is 8.54. The number of benzene rings is 2.